The average molecular weight is 726 g/mol. The van der Waals surface area contributed by atoms with Crippen molar-refractivity contribution in [3.05, 3.63) is 78.8 Å². The predicted octanol–water partition coefficient (Wildman–Crippen LogP) is 4.52. The number of pyridine rings is 1. The largest absolute Gasteiger partial charge is 0.475 e. The zero-order chi connectivity index (χ0) is 38.0. The van der Waals surface area contributed by atoms with Gasteiger partial charge in [-0.25, -0.2) is 14.9 Å². The molecule has 4 heterocycles. The van der Waals surface area contributed by atoms with Crippen molar-refractivity contribution < 1.29 is 29.3 Å². The van der Waals surface area contributed by atoms with Crippen molar-refractivity contribution in [1.29, 1.82) is 0 Å². The Morgan fingerprint density at radius 3 is 2.43 bits per heavy atom. The molecule has 53 heavy (non-hydrogen) atoms. The number of carbonyl (C=O) groups excluding carboxylic acids is 2. The molecular formula is C38H47N9O6. The molecular weight excluding hydrogens is 678 g/mol. The maximum absolute atomic E-state index is 12.8. The van der Waals surface area contributed by atoms with Gasteiger partial charge in [-0.2, -0.15) is 10.2 Å². The van der Waals surface area contributed by atoms with E-state index in [0.717, 1.165) is 51.1 Å². The molecule has 0 saturated carbocycles. The summed E-state index contributed by atoms with van der Waals surface area (Å²) in [6.07, 6.45) is 7.43. The highest BCUT2D eigenvalue weighted by Gasteiger charge is 2.43. The van der Waals surface area contributed by atoms with E-state index in [9.17, 15) is 19.8 Å². The summed E-state index contributed by atoms with van der Waals surface area (Å²) in [5, 5.41) is 36.2. The Morgan fingerprint density at radius 1 is 1.08 bits per heavy atom. The van der Waals surface area contributed by atoms with Crippen molar-refractivity contribution in [3.63, 3.8) is 0 Å². The molecule has 0 atom stereocenters. The third-order valence-corrected chi connectivity index (χ3v) is 8.53. The number of nitrogens with one attached hydrogen (secondary N) is 2. The third kappa shape index (κ3) is 9.50. The van der Waals surface area contributed by atoms with E-state index in [1.54, 1.807) is 17.2 Å². The maximum atomic E-state index is 12.8. The molecule has 0 fully saturated rings. The zero-order valence-electron chi connectivity index (χ0n) is 30.7. The first-order valence-electron chi connectivity index (χ1n) is 17.6. The molecule has 0 aliphatic carbocycles. The van der Waals surface area contributed by atoms with E-state index in [4.69, 9.17) is 9.47 Å². The minimum Gasteiger partial charge on any atom is -0.475 e. The molecule has 1 aliphatic heterocycles. The van der Waals surface area contributed by atoms with Gasteiger partial charge in [0.1, 0.15) is 18.8 Å². The van der Waals surface area contributed by atoms with Crippen LogP contribution in [0.25, 0.3) is 39.1 Å². The van der Waals surface area contributed by atoms with E-state index >= 15 is 0 Å². The highest BCUT2D eigenvalue weighted by molar-refractivity contribution is 5.95. The normalized spacial score (nSPS) is 13.2. The van der Waals surface area contributed by atoms with Gasteiger partial charge in [0.15, 0.2) is 5.82 Å². The molecule has 15 heteroatoms. The molecule has 6 rings (SSSR count). The van der Waals surface area contributed by atoms with Crippen LogP contribution in [0.4, 0.5) is 5.69 Å². The highest BCUT2D eigenvalue weighted by Crippen LogP contribution is 2.29. The van der Waals surface area contributed by atoms with Crippen molar-refractivity contribution in [1.82, 2.24) is 39.7 Å². The number of anilines is 1. The van der Waals surface area contributed by atoms with E-state index in [-0.39, 0.29) is 12.8 Å². The van der Waals surface area contributed by atoms with Gasteiger partial charge in [-0.15, -0.1) is 0 Å². The fraction of sp³-hybridized carbons (Fsp3) is 0.368. The predicted molar refractivity (Wildman–Crippen MR) is 201 cm³/mol. The first kappa shape index (κ1) is 38.7. The minimum atomic E-state index is -2.59. The van der Waals surface area contributed by atoms with Crippen LogP contribution in [0.5, 0.6) is 5.88 Å². The Bertz CT molecular complexity index is 1980. The second kappa shape index (κ2) is 17.8. The van der Waals surface area contributed by atoms with Crippen LogP contribution in [0.3, 0.4) is 0 Å². The number of aliphatic hydroxyl groups is 2. The lowest BCUT2D eigenvalue weighted by Gasteiger charge is -2.37. The van der Waals surface area contributed by atoms with Gasteiger partial charge in [-0.1, -0.05) is 37.3 Å². The summed E-state index contributed by atoms with van der Waals surface area (Å²) in [4.78, 5) is 34.6. The first-order valence-corrected chi connectivity index (χ1v) is 17.6. The number of fused-ring (bicyclic) bond motifs is 1. The van der Waals surface area contributed by atoms with Gasteiger partial charge in [-0.05, 0) is 69.0 Å². The van der Waals surface area contributed by atoms with Crippen LogP contribution in [0.2, 0.25) is 0 Å². The van der Waals surface area contributed by atoms with Crippen LogP contribution in [0, 0.1) is 0 Å². The number of aryl methyl sites for hydroxylation is 1. The Kier molecular flexibility index (Phi) is 13.0. The van der Waals surface area contributed by atoms with Crippen molar-refractivity contribution in [3.8, 4) is 28.5 Å². The number of aromatic nitrogens is 6. The van der Waals surface area contributed by atoms with Crippen LogP contribution in [0.15, 0.2) is 73.2 Å². The summed E-state index contributed by atoms with van der Waals surface area (Å²) in [5.74, 6) is -2.05. The fourth-order valence-electron chi connectivity index (χ4n) is 5.84. The number of hydrogen-bond acceptors (Lipinski definition) is 11. The van der Waals surface area contributed by atoms with Crippen molar-refractivity contribution in [2.45, 2.75) is 59.1 Å². The quantitative estimate of drug-likeness (QED) is 0.0933. The lowest BCUT2D eigenvalue weighted by Crippen LogP contribution is -2.61. The Labute approximate surface area is 308 Å². The second-order valence-electron chi connectivity index (χ2n) is 12.7. The highest BCUT2D eigenvalue weighted by atomic mass is 16.6. The SMILES string of the molecule is CC(C)Oc1ccc(-c2n[nH]c3ccc(NC=O)cc23)cn1.CCCN(COC)C(O)(O)C(=O)N1CC=C(c2ccc(-c3ncn(CC)n3)cc2)CC1. The molecule has 0 radical (unpaired) electrons. The van der Waals surface area contributed by atoms with Gasteiger partial charge in [0.2, 0.25) is 12.3 Å². The maximum Gasteiger partial charge on any atom is 0.310 e. The number of benzene rings is 2. The number of aromatic amines is 1. The molecule has 3 aromatic heterocycles. The number of ether oxygens (including phenoxy) is 2. The molecule has 280 valence electrons. The van der Waals surface area contributed by atoms with Gasteiger partial charge in [0, 0.05) is 67.8 Å². The van der Waals surface area contributed by atoms with Gasteiger partial charge in [0.05, 0.1) is 11.6 Å². The van der Waals surface area contributed by atoms with Gasteiger partial charge in [0.25, 0.3) is 5.91 Å². The van der Waals surface area contributed by atoms with E-state index in [0.29, 0.717) is 50.6 Å². The van der Waals surface area contributed by atoms with Crippen molar-refractivity contribution in [2.24, 2.45) is 0 Å². The van der Waals surface area contributed by atoms with Crippen LogP contribution in [0.1, 0.15) is 46.1 Å². The summed E-state index contributed by atoms with van der Waals surface area (Å²) >= 11 is 0. The monoisotopic (exact) mass is 725 g/mol. The lowest BCUT2D eigenvalue weighted by molar-refractivity contribution is -0.271. The molecule has 4 N–H and O–H groups in total. The number of amides is 2. The number of carbonyl (C=O) groups is 2. The molecule has 5 aromatic rings. The lowest BCUT2D eigenvalue weighted by atomic mass is 9.98. The van der Waals surface area contributed by atoms with Gasteiger partial charge in [-0.3, -0.25) is 19.4 Å². The number of rotatable bonds is 14. The number of nitrogens with zero attached hydrogens (tertiary/aromatic N) is 7. The second-order valence-corrected chi connectivity index (χ2v) is 12.7. The minimum absolute atomic E-state index is 0.0424. The molecule has 1 aliphatic rings. The Balaban J connectivity index is 0.000000216. The van der Waals surface area contributed by atoms with Crippen LogP contribution >= 0.6 is 0 Å². The van der Waals surface area contributed by atoms with Crippen molar-refractivity contribution in [2.75, 3.05) is 38.8 Å². The standard InChI is InChI=1S/C22H31N5O4.C16H16N4O2/c1-4-12-26(16-31-3)22(29,30)21(28)25-13-10-18(11-14-25)17-6-8-19(9-7-17)20-23-15-27(5-2)24-20;1-10(2)22-15-6-3-11(8-17-15)16-13-7-12(18-9-21)4-5-14(13)19-20-16/h6-10,15,29-30H,4-5,11-14,16H2,1-3H3;3-10H,1-2H3,(H,18,21)(H,19,20). The summed E-state index contributed by atoms with van der Waals surface area (Å²) in [6.45, 7) is 9.61. The Morgan fingerprint density at radius 2 is 1.83 bits per heavy atom. The van der Waals surface area contributed by atoms with Crippen molar-refractivity contribution >= 4 is 34.5 Å². The topological polar surface area (TPSA) is 184 Å². The molecule has 15 nitrogen and oxygen atoms in total. The average Bonchev–Trinajstić information content (AvgIpc) is 3.83. The third-order valence-electron chi connectivity index (χ3n) is 8.53. The fourth-order valence-corrected chi connectivity index (χ4v) is 5.84. The number of hydrogen-bond donors (Lipinski definition) is 4. The summed E-state index contributed by atoms with van der Waals surface area (Å²) < 4.78 is 12.3. The Hall–Kier alpha value is -5.48. The van der Waals surface area contributed by atoms with E-state index in [1.165, 1.54) is 16.9 Å². The summed E-state index contributed by atoms with van der Waals surface area (Å²) in [6, 6.07) is 17.3. The summed E-state index contributed by atoms with van der Waals surface area (Å²) in [7, 11) is 1.45. The van der Waals surface area contributed by atoms with E-state index in [2.05, 4.69) is 30.6 Å². The molecule has 2 amide bonds. The van der Waals surface area contributed by atoms with Crippen LogP contribution in [-0.2, 0) is 20.9 Å². The molecule has 0 bridgehead atoms. The zero-order valence-corrected chi connectivity index (χ0v) is 30.7. The van der Waals surface area contributed by atoms with Crippen LogP contribution in [-0.4, -0.2) is 108 Å². The number of methoxy groups -OCH3 is 1. The smallest absolute Gasteiger partial charge is 0.310 e. The van der Waals surface area contributed by atoms with E-state index in [1.807, 2.05) is 88.4 Å². The van der Waals surface area contributed by atoms with E-state index < -0.39 is 11.8 Å². The first-order chi connectivity index (χ1) is 25.6. The summed E-state index contributed by atoms with van der Waals surface area (Å²) in [5.41, 5.74) is 6.41. The molecule has 0 saturated heterocycles. The molecule has 0 unspecified atom stereocenters. The van der Waals surface area contributed by atoms with Gasteiger partial charge >= 0.3 is 5.91 Å². The van der Waals surface area contributed by atoms with Crippen LogP contribution < -0.4 is 10.1 Å². The number of H-pyrrole nitrogens is 1. The molecule has 0 spiro atoms. The van der Waals surface area contributed by atoms with Gasteiger partial charge < -0.3 is 29.9 Å². The molecule has 2 aromatic carbocycles.